The van der Waals surface area contributed by atoms with E-state index in [1.54, 1.807) is 25.3 Å². The number of methoxy groups -OCH3 is 1. The lowest BCUT2D eigenvalue weighted by molar-refractivity contribution is -0.126. The number of carbonyl (C=O) groups is 2. The van der Waals surface area contributed by atoms with Crippen LogP contribution in [0.1, 0.15) is 18.4 Å². The van der Waals surface area contributed by atoms with Crippen molar-refractivity contribution in [3.8, 4) is 5.75 Å². The van der Waals surface area contributed by atoms with E-state index in [-0.39, 0.29) is 11.8 Å². The number of likely N-dealkylation sites (tertiary alicyclic amines) is 1. The number of hydrogen-bond acceptors (Lipinski definition) is 3. The van der Waals surface area contributed by atoms with Crippen LogP contribution in [-0.2, 0) is 11.3 Å². The van der Waals surface area contributed by atoms with E-state index in [4.69, 9.17) is 22.1 Å². The fourth-order valence-electron chi connectivity index (χ4n) is 2.60. The van der Waals surface area contributed by atoms with Crippen LogP contribution in [0.4, 0.5) is 4.79 Å². The molecule has 3 amide bonds. The quantitative estimate of drug-likeness (QED) is 0.884. The van der Waals surface area contributed by atoms with Crippen LogP contribution in [0.25, 0.3) is 0 Å². The highest BCUT2D eigenvalue weighted by atomic mass is 35.5. The Labute approximate surface area is 134 Å². The van der Waals surface area contributed by atoms with Gasteiger partial charge in [0.05, 0.1) is 13.0 Å². The molecule has 1 saturated heterocycles. The van der Waals surface area contributed by atoms with Crippen molar-refractivity contribution in [1.29, 1.82) is 0 Å². The third kappa shape index (κ3) is 4.04. The summed E-state index contributed by atoms with van der Waals surface area (Å²) in [5, 5.41) is 3.46. The van der Waals surface area contributed by atoms with Gasteiger partial charge in [0.2, 0.25) is 5.91 Å². The van der Waals surface area contributed by atoms with Crippen molar-refractivity contribution in [1.82, 2.24) is 10.2 Å². The molecule has 120 valence electrons. The first-order valence-electron chi connectivity index (χ1n) is 7.15. The minimum Gasteiger partial charge on any atom is -0.496 e. The van der Waals surface area contributed by atoms with Gasteiger partial charge in [0, 0.05) is 30.2 Å². The van der Waals surface area contributed by atoms with E-state index in [0.717, 1.165) is 18.4 Å². The summed E-state index contributed by atoms with van der Waals surface area (Å²) < 4.78 is 5.25. The van der Waals surface area contributed by atoms with Crippen LogP contribution in [0.2, 0.25) is 5.02 Å². The van der Waals surface area contributed by atoms with E-state index < -0.39 is 6.03 Å². The van der Waals surface area contributed by atoms with Gasteiger partial charge in [-0.15, -0.1) is 0 Å². The SMILES string of the molecule is COc1ccc(Cl)cc1CNC(=O)[C@@H]1CCCN(C(N)=O)C1. The van der Waals surface area contributed by atoms with Crippen LogP contribution in [0, 0.1) is 5.92 Å². The predicted octanol–water partition coefficient (Wildman–Crippen LogP) is 1.76. The number of amides is 3. The first kappa shape index (κ1) is 16.4. The zero-order valence-corrected chi connectivity index (χ0v) is 13.2. The topological polar surface area (TPSA) is 84.7 Å². The molecule has 2 rings (SSSR count). The highest BCUT2D eigenvalue weighted by Crippen LogP contribution is 2.23. The first-order valence-corrected chi connectivity index (χ1v) is 7.53. The molecule has 0 aliphatic carbocycles. The molecular weight excluding hydrogens is 306 g/mol. The second kappa shape index (κ2) is 7.35. The number of piperidine rings is 1. The molecule has 0 spiro atoms. The van der Waals surface area contributed by atoms with E-state index in [1.165, 1.54) is 4.90 Å². The van der Waals surface area contributed by atoms with E-state index in [0.29, 0.717) is 30.4 Å². The number of hydrogen-bond donors (Lipinski definition) is 2. The zero-order valence-electron chi connectivity index (χ0n) is 12.5. The van der Waals surface area contributed by atoms with E-state index in [1.807, 2.05) is 0 Å². The van der Waals surface area contributed by atoms with Gasteiger partial charge in [0.15, 0.2) is 0 Å². The summed E-state index contributed by atoms with van der Waals surface area (Å²) in [6.45, 7) is 1.31. The highest BCUT2D eigenvalue weighted by molar-refractivity contribution is 6.30. The number of benzene rings is 1. The maximum Gasteiger partial charge on any atom is 0.314 e. The maximum absolute atomic E-state index is 12.3. The summed E-state index contributed by atoms with van der Waals surface area (Å²) in [7, 11) is 1.57. The first-order chi connectivity index (χ1) is 10.5. The number of rotatable bonds is 4. The molecule has 6 nitrogen and oxygen atoms in total. The fraction of sp³-hybridized carbons (Fsp3) is 0.467. The van der Waals surface area contributed by atoms with Crippen LogP contribution in [-0.4, -0.2) is 37.0 Å². The van der Waals surface area contributed by atoms with Gasteiger partial charge in [-0.25, -0.2) is 4.79 Å². The summed E-state index contributed by atoms with van der Waals surface area (Å²) >= 11 is 5.97. The molecular formula is C15H20ClN3O3. The van der Waals surface area contributed by atoms with E-state index in [9.17, 15) is 9.59 Å². The number of primary amides is 1. The van der Waals surface area contributed by atoms with Gasteiger partial charge < -0.3 is 20.7 Å². The maximum atomic E-state index is 12.3. The van der Waals surface area contributed by atoms with Crippen LogP contribution in [0.15, 0.2) is 18.2 Å². The van der Waals surface area contributed by atoms with Crippen molar-refractivity contribution in [2.75, 3.05) is 20.2 Å². The summed E-state index contributed by atoms with van der Waals surface area (Å²) in [5.74, 6) is 0.353. The fourth-order valence-corrected chi connectivity index (χ4v) is 2.80. The van der Waals surface area contributed by atoms with Crippen molar-refractivity contribution in [2.45, 2.75) is 19.4 Å². The van der Waals surface area contributed by atoms with Crippen LogP contribution in [0.3, 0.4) is 0 Å². The molecule has 0 unspecified atom stereocenters. The van der Waals surface area contributed by atoms with Crippen molar-refractivity contribution in [3.05, 3.63) is 28.8 Å². The van der Waals surface area contributed by atoms with Crippen molar-refractivity contribution in [3.63, 3.8) is 0 Å². The minimum absolute atomic E-state index is 0.0898. The average molecular weight is 326 g/mol. The lowest BCUT2D eigenvalue weighted by Crippen LogP contribution is -2.47. The Morgan fingerprint density at radius 3 is 2.95 bits per heavy atom. The van der Waals surface area contributed by atoms with Gasteiger partial charge in [-0.1, -0.05) is 11.6 Å². The standard InChI is InChI=1S/C15H20ClN3O3/c1-22-13-5-4-12(16)7-11(13)8-18-14(20)10-3-2-6-19(9-10)15(17)21/h4-5,7,10H,2-3,6,8-9H2,1H3,(H2,17,21)(H,18,20)/t10-/m1/s1. The van der Waals surface area contributed by atoms with Crippen molar-refractivity contribution < 1.29 is 14.3 Å². The molecule has 1 aromatic carbocycles. The van der Waals surface area contributed by atoms with Crippen LogP contribution >= 0.6 is 11.6 Å². The summed E-state index contributed by atoms with van der Waals surface area (Å²) in [6, 6.07) is 4.78. The normalized spacial score (nSPS) is 17.9. The summed E-state index contributed by atoms with van der Waals surface area (Å²) in [5.41, 5.74) is 6.08. The Kier molecular flexibility index (Phi) is 5.49. The monoisotopic (exact) mass is 325 g/mol. The largest absolute Gasteiger partial charge is 0.496 e. The molecule has 0 aromatic heterocycles. The molecule has 22 heavy (non-hydrogen) atoms. The molecule has 7 heteroatoms. The molecule has 0 radical (unpaired) electrons. The van der Waals surface area contributed by atoms with Crippen molar-refractivity contribution >= 4 is 23.5 Å². The Balaban J connectivity index is 1.95. The second-order valence-corrected chi connectivity index (χ2v) is 5.73. The van der Waals surface area contributed by atoms with Crippen LogP contribution < -0.4 is 15.8 Å². The average Bonchev–Trinajstić information content (AvgIpc) is 2.52. The number of urea groups is 1. The molecule has 3 N–H and O–H groups in total. The smallest absolute Gasteiger partial charge is 0.314 e. The molecule has 1 heterocycles. The molecule has 1 aromatic rings. The van der Waals surface area contributed by atoms with Gasteiger partial charge in [-0.3, -0.25) is 4.79 Å². The minimum atomic E-state index is -0.478. The van der Waals surface area contributed by atoms with Gasteiger partial charge in [0.25, 0.3) is 0 Å². The van der Waals surface area contributed by atoms with Gasteiger partial charge in [0.1, 0.15) is 5.75 Å². The molecule has 0 saturated carbocycles. The number of halogens is 1. The lowest BCUT2D eigenvalue weighted by Gasteiger charge is -2.30. The molecule has 1 fully saturated rings. The Hall–Kier alpha value is -1.95. The molecule has 1 aliphatic rings. The number of nitrogens with two attached hydrogens (primary N) is 1. The van der Waals surface area contributed by atoms with E-state index >= 15 is 0 Å². The second-order valence-electron chi connectivity index (χ2n) is 5.30. The number of nitrogens with zero attached hydrogens (tertiary/aromatic N) is 1. The lowest BCUT2D eigenvalue weighted by atomic mass is 9.97. The van der Waals surface area contributed by atoms with Gasteiger partial charge in [-0.2, -0.15) is 0 Å². The third-order valence-corrected chi connectivity index (χ3v) is 4.03. The molecule has 1 atom stereocenters. The third-order valence-electron chi connectivity index (χ3n) is 3.80. The highest BCUT2D eigenvalue weighted by Gasteiger charge is 2.27. The Morgan fingerprint density at radius 2 is 2.27 bits per heavy atom. The zero-order chi connectivity index (χ0) is 16.1. The predicted molar refractivity (Wildman–Crippen MR) is 83.7 cm³/mol. The number of carbonyl (C=O) groups excluding carboxylic acids is 2. The molecule has 1 aliphatic heterocycles. The summed E-state index contributed by atoms with van der Waals surface area (Å²) in [6.07, 6.45) is 1.53. The molecule has 0 bridgehead atoms. The van der Waals surface area contributed by atoms with Crippen molar-refractivity contribution in [2.24, 2.45) is 11.7 Å². The Bertz CT molecular complexity index is 565. The summed E-state index contributed by atoms with van der Waals surface area (Å²) in [4.78, 5) is 25.0. The van der Waals surface area contributed by atoms with Gasteiger partial charge in [-0.05, 0) is 31.0 Å². The number of ether oxygens (including phenoxy) is 1. The Morgan fingerprint density at radius 1 is 1.50 bits per heavy atom. The van der Waals surface area contributed by atoms with Crippen LogP contribution in [0.5, 0.6) is 5.75 Å². The van der Waals surface area contributed by atoms with Gasteiger partial charge >= 0.3 is 6.03 Å². The number of nitrogens with one attached hydrogen (secondary N) is 1. The van der Waals surface area contributed by atoms with E-state index in [2.05, 4.69) is 5.32 Å².